The van der Waals surface area contributed by atoms with E-state index in [0.717, 1.165) is 18.4 Å². The van der Waals surface area contributed by atoms with E-state index in [4.69, 9.17) is 23.2 Å². The number of anilines is 1. The number of hydrogen-bond donors (Lipinski definition) is 4. The quantitative estimate of drug-likeness (QED) is 0.356. The van der Waals surface area contributed by atoms with Gasteiger partial charge in [-0.05, 0) is 31.1 Å². The molecule has 3 aromatic heterocycles. The first kappa shape index (κ1) is 19.6. The minimum atomic E-state index is -0.516. The maximum Gasteiger partial charge on any atom is 0.326 e. The van der Waals surface area contributed by atoms with E-state index in [2.05, 4.69) is 35.3 Å². The number of hydrogen-bond acceptors (Lipinski definition) is 7. The first-order valence-corrected chi connectivity index (χ1v) is 10.2. The van der Waals surface area contributed by atoms with Crippen LogP contribution in [0.3, 0.4) is 0 Å². The lowest BCUT2D eigenvalue weighted by molar-refractivity contribution is 0.454. The Kier molecular flexibility index (Phi) is 4.87. The molecule has 0 saturated heterocycles. The molecule has 1 fully saturated rings. The fraction of sp³-hybridized carbons (Fsp3) is 0.211. The van der Waals surface area contributed by atoms with Crippen molar-refractivity contribution in [2.75, 3.05) is 5.32 Å². The van der Waals surface area contributed by atoms with Crippen LogP contribution in [0.15, 0.2) is 34.2 Å². The van der Waals surface area contributed by atoms with Crippen molar-refractivity contribution in [2.45, 2.75) is 25.4 Å². The third-order valence-electron chi connectivity index (χ3n) is 4.74. The van der Waals surface area contributed by atoms with Gasteiger partial charge in [0.25, 0.3) is 5.62 Å². The van der Waals surface area contributed by atoms with Gasteiger partial charge in [-0.2, -0.15) is 19.6 Å². The van der Waals surface area contributed by atoms with Crippen molar-refractivity contribution in [3.05, 3.63) is 67.0 Å². The fourth-order valence-corrected chi connectivity index (χ4v) is 3.56. The monoisotopic (exact) mass is 458 g/mol. The van der Waals surface area contributed by atoms with Gasteiger partial charge in [0.1, 0.15) is 5.69 Å². The number of H-pyrrole nitrogens is 2. The molecular weight excluding hydrogens is 443 g/mol. The SMILES string of the molecule is O=c1[nH]c(O)c(/C=c2\cnn3c(=NC4CC4)nc(NCc4c(Cl)cccc4Cl)nc23)[nH]1. The zero-order valence-corrected chi connectivity index (χ0v) is 17.4. The molecule has 31 heavy (non-hydrogen) atoms. The second kappa shape index (κ2) is 7.71. The van der Waals surface area contributed by atoms with Gasteiger partial charge >= 0.3 is 5.69 Å². The number of halogens is 2. The molecule has 0 unspecified atom stereocenters. The second-order valence-corrected chi connectivity index (χ2v) is 7.90. The number of imidazole rings is 1. The molecular formula is C19H16Cl2N8O2. The molecule has 4 aromatic rings. The maximum atomic E-state index is 11.4. The summed E-state index contributed by atoms with van der Waals surface area (Å²) in [5.41, 5.74) is 1.30. The summed E-state index contributed by atoms with van der Waals surface area (Å²) in [6, 6.07) is 5.51. The first-order valence-electron chi connectivity index (χ1n) is 9.47. The van der Waals surface area contributed by atoms with Gasteiger partial charge in [0.05, 0.1) is 12.2 Å². The molecule has 3 heterocycles. The lowest BCUT2D eigenvalue weighted by atomic mass is 10.2. The Balaban J connectivity index is 1.60. The van der Waals surface area contributed by atoms with Gasteiger partial charge in [-0.3, -0.25) is 4.98 Å². The van der Waals surface area contributed by atoms with Crippen molar-refractivity contribution in [1.82, 2.24) is 29.5 Å². The minimum absolute atomic E-state index is 0.214. The largest absolute Gasteiger partial charge is 0.493 e. The highest BCUT2D eigenvalue weighted by atomic mass is 35.5. The molecule has 5 rings (SSSR count). The number of aromatic nitrogens is 6. The number of fused-ring (bicyclic) bond motifs is 1. The molecule has 0 atom stereocenters. The minimum Gasteiger partial charge on any atom is -0.493 e. The number of nitrogens with zero attached hydrogens (tertiary/aromatic N) is 5. The molecule has 0 amide bonds. The lowest BCUT2D eigenvalue weighted by Gasteiger charge is -2.08. The number of nitrogens with one attached hydrogen (secondary N) is 3. The van der Waals surface area contributed by atoms with E-state index < -0.39 is 5.69 Å². The van der Waals surface area contributed by atoms with Gasteiger partial charge in [0.2, 0.25) is 11.8 Å². The van der Waals surface area contributed by atoms with Crippen LogP contribution in [0, 0.1) is 0 Å². The van der Waals surface area contributed by atoms with Crippen molar-refractivity contribution in [2.24, 2.45) is 4.99 Å². The van der Waals surface area contributed by atoms with Gasteiger partial charge in [-0.25, -0.2) is 9.79 Å². The third-order valence-corrected chi connectivity index (χ3v) is 5.45. The van der Waals surface area contributed by atoms with Crippen LogP contribution < -0.4 is 21.8 Å². The molecule has 12 heteroatoms. The molecule has 0 radical (unpaired) electrons. The van der Waals surface area contributed by atoms with Crippen molar-refractivity contribution in [3.63, 3.8) is 0 Å². The van der Waals surface area contributed by atoms with Crippen LogP contribution in [0.4, 0.5) is 5.95 Å². The summed E-state index contributed by atoms with van der Waals surface area (Å²) in [6.07, 6.45) is 5.14. The van der Waals surface area contributed by atoms with Crippen molar-refractivity contribution in [3.8, 4) is 5.88 Å². The average molecular weight is 459 g/mol. The Morgan fingerprint density at radius 2 is 2.03 bits per heavy atom. The molecule has 10 nitrogen and oxygen atoms in total. The lowest BCUT2D eigenvalue weighted by Crippen LogP contribution is -2.24. The second-order valence-electron chi connectivity index (χ2n) is 7.08. The number of aromatic hydroxyl groups is 1. The van der Waals surface area contributed by atoms with Crippen LogP contribution in [-0.4, -0.2) is 40.7 Å². The van der Waals surface area contributed by atoms with Gasteiger partial charge < -0.3 is 15.4 Å². The van der Waals surface area contributed by atoms with E-state index in [1.807, 2.05) is 0 Å². The molecule has 158 valence electrons. The number of benzene rings is 1. The molecule has 0 bridgehead atoms. The Morgan fingerprint density at radius 3 is 2.71 bits per heavy atom. The average Bonchev–Trinajstić information content (AvgIpc) is 3.36. The Morgan fingerprint density at radius 1 is 1.26 bits per heavy atom. The fourth-order valence-electron chi connectivity index (χ4n) is 3.03. The summed E-state index contributed by atoms with van der Waals surface area (Å²) < 4.78 is 1.53. The summed E-state index contributed by atoms with van der Waals surface area (Å²) >= 11 is 12.5. The Labute approximate surface area is 184 Å². The summed E-state index contributed by atoms with van der Waals surface area (Å²) in [6.45, 7) is 0.316. The van der Waals surface area contributed by atoms with Crippen molar-refractivity contribution in [1.29, 1.82) is 0 Å². The van der Waals surface area contributed by atoms with Crippen LogP contribution in [-0.2, 0) is 6.54 Å². The predicted molar refractivity (Wildman–Crippen MR) is 115 cm³/mol. The van der Waals surface area contributed by atoms with E-state index in [9.17, 15) is 9.90 Å². The number of aromatic amines is 2. The standard InChI is InChI=1S/C19H16Cl2N8O2/c20-12-2-1-3-13(21)11(12)8-22-17-26-15-9(6-14-16(30)27-19(31)25-14)7-23-29(15)18(28-17)24-10-4-5-10/h1-3,6-7,10,30H,4-5,8H2,(H,22,24,28)(H2,25,27,31)/b9-6+. The number of rotatable bonds is 5. The maximum absolute atomic E-state index is 11.4. The summed E-state index contributed by atoms with van der Waals surface area (Å²) in [5, 5.41) is 19.0. The highest BCUT2D eigenvalue weighted by Gasteiger charge is 2.21. The van der Waals surface area contributed by atoms with E-state index >= 15 is 0 Å². The predicted octanol–water partition coefficient (Wildman–Crippen LogP) is 1.38. The first-order chi connectivity index (χ1) is 15.0. The van der Waals surface area contributed by atoms with Crippen LogP contribution in [0.5, 0.6) is 5.88 Å². The molecule has 4 N–H and O–H groups in total. The van der Waals surface area contributed by atoms with Crippen LogP contribution >= 0.6 is 23.2 Å². The third kappa shape index (κ3) is 3.99. The van der Waals surface area contributed by atoms with E-state index in [1.54, 1.807) is 30.5 Å². The smallest absolute Gasteiger partial charge is 0.326 e. The van der Waals surface area contributed by atoms with Gasteiger partial charge in [0, 0.05) is 27.4 Å². The van der Waals surface area contributed by atoms with Crippen LogP contribution in [0.1, 0.15) is 24.1 Å². The topological polar surface area (TPSA) is 136 Å². The van der Waals surface area contributed by atoms with E-state index in [1.165, 1.54) is 4.52 Å². The molecule has 1 saturated carbocycles. The van der Waals surface area contributed by atoms with Gasteiger partial charge in [0.15, 0.2) is 5.65 Å². The molecule has 0 spiro atoms. The molecule has 1 aliphatic carbocycles. The van der Waals surface area contributed by atoms with E-state index in [0.29, 0.717) is 39.0 Å². The summed E-state index contributed by atoms with van der Waals surface area (Å²) in [5.74, 6) is 0.0535. The van der Waals surface area contributed by atoms with Gasteiger partial charge in [-0.1, -0.05) is 29.3 Å². The molecule has 0 aliphatic heterocycles. The Bertz CT molecular complexity index is 1450. The van der Waals surface area contributed by atoms with Crippen molar-refractivity contribution >= 4 is 40.9 Å². The highest BCUT2D eigenvalue weighted by molar-refractivity contribution is 6.36. The Hall–Kier alpha value is -3.37. The molecule has 1 aromatic carbocycles. The summed E-state index contributed by atoms with van der Waals surface area (Å²) in [7, 11) is 0. The van der Waals surface area contributed by atoms with Crippen LogP contribution in [0.25, 0.3) is 11.7 Å². The summed E-state index contributed by atoms with van der Waals surface area (Å²) in [4.78, 5) is 29.9. The van der Waals surface area contributed by atoms with Crippen LogP contribution in [0.2, 0.25) is 10.0 Å². The van der Waals surface area contributed by atoms with Gasteiger partial charge in [-0.15, -0.1) is 0 Å². The van der Waals surface area contributed by atoms with Crippen molar-refractivity contribution < 1.29 is 5.11 Å². The normalized spacial score (nSPS) is 15.2. The highest BCUT2D eigenvalue weighted by Crippen LogP contribution is 2.25. The van der Waals surface area contributed by atoms with E-state index in [-0.39, 0.29) is 17.6 Å². The zero-order valence-electron chi connectivity index (χ0n) is 15.9. The molecule has 1 aliphatic rings. The zero-order chi connectivity index (χ0) is 21.5.